The number of hydrogen-bond donors (Lipinski definition) is 2. The van der Waals surface area contributed by atoms with Crippen molar-refractivity contribution < 1.29 is 4.79 Å². The minimum Gasteiger partial charge on any atom is -0.357 e. The Morgan fingerprint density at radius 2 is 1.78 bits per heavy atom. The van der Waals surface area contributed by atoms with E-state index in [1.165, 1.54) is 0 Å². The highest BCUT2D eigenvalue weighted by molar-refractivity contribution is 5.82. The van der Waals surface area contributed by atoms with Gasteiger partial charge in [0.05, 0.1) is 12.2 Å². The Balaban J connectivity index is 1.96. The van der Waals surface area contributed by atoms with Crippen molar-refractivity contribution in [1.29, 1.82) is 0 Å². The maximum absolute atomic E-state index is 12.1. The number of amides is 1. The number of benzene rings is 2. The number of carbonyl (C=O) groups is 1. The number of nitrogens with zero attached hydrogens (tertiary/aromatic N) is 1. The van der Waals surface area contributed by atoms with Crippen molar-refractivity contribution >= 4 is 11.6 Å². The Kier molecular flexibility index (Phi) is 4.60. The number of hydrogen-bond acceptors (Lipinski definition) is 3. The number of nitrogens with two attached hydrogens (primary N) is 1. The van der Waals surface area contributed by atoms with Gasteiger partial charge in [0.2, 0.25) is 5.91 Å². The first-order valence-corrected chi connectivity index (χ1v) is 7.68. The molecular formula is C19H19N3O. The largest absolute Gasteiger partial charge is 0.357 e. The van der Waals surface area contributed by atoms with E-state index in [9.17, 15) is 4.79 Å². The lowest BCUT2D eigenvalue weighted by Crippen LogP contribution is -2.39. The minimum absolute atomic E-state index is 0.0312. The van der Waals surface area contributed by atoms with E-state index in [0.29, 0.717) is 19.6 Å². The van der Waals surface area contributed by atoms with Crippen LogP contribution in [0, 0.1) is 11.8 Å². The standard InChI is InChI=1S/C19H19N3O/c20-11-12-21-19(23)14-22-13-17-7-2-1-5-15(17)9-10-16-6-3-4-8-18(16)22/h1-8H,11-14,20H2,(H,21,23). The van der Waals surface area contributed by atoms with Gasteiger partial charge in [-0.05, 0) is 23.8 Å². The topological polar surface area (TPSA) is 58.4 Å². The van der Waals surface area contributed by atoms with Gasteiger partial charge in [0.25, 0.3) is 0 Å². The average Bonchev–Trinajstić information content (AvgIpc) is 2.57. The lowest BCUT2D eigenvalue weighted by molar-refractivity contribution is -0.119. The van der Waals surface area contributed by atoms with Crippen LogP contribution in [0.4, 0.5) is 5.69 Å². The summed E-state index contributed by atoms with van der Waals surface area (Å²) in [6.45, 7) is 1.87. The molecule has 0 saturated carbocycles. The molecule has 23 heavy (non-hydrogen) atoms. The molecule has 0 bridgehead atoms. The molecule has 0 aliphatic carbocycles. The number of fused-ring (bicyclic) bond motifs is 2. The summed E-state index contributed by atoms with van der Waals surface area (Å²) in [6, 6.07) is 16.0. The van der Waals surface area contributed by atoms with Crippen LogP contribution in [0.1, 0.15) is 16.7 Å². The van der Waals surface area contributed by atoms with Crippen LogP contribution in [-0.4, -0.2) is 25.5 Å². The van der Waals surface area contributed by atoms with E-state index < -0.39 is 0 Å². The molecular weight excluding hydrogens is 286 g/mol. The van der Waals surface area contributed by atoms with Gasteiger partial charge < -0.3 is 16.0 Å². The molecule has 116 valence electrons. The van der Waals surface area contributed by atoms with Crippen LogP contribution in [0.25, 0.3) is 0 Å². The number of para-hydroxylation sites is 1. The van der Waals surface area contributed by atoms with Crippen molar-refractivity contribution in [3.05, 3.63) is 65.2 Å². The van der Waals surface area contributed by atoms with Crippen LogP contribution in [0.3, 0.4) is 0 Å². The first kappa shape index (κ1) is 15.1. The van der Waals surface area contributed by atoms with Gasteiger partial charge in [-0.15, -0.1) is 0 Å². The highest BCUT2D eigenvalue weighted by Crippen LogP contribution is 2.24. The molecule has 0 aromatic heterocycles. The molecule has 0 fully saturated rings. The van der Waals surface area contributed by atoms with Crippen molar-refractivity contribution in [2.75, 3.05) is 24.5 Å². The normalized spacial score (nSPS) is 12.1. The first-order valence-electron chi connectivity index (χ1n) is 7.68. The summed E-state index contributed by atoms with van der Waals surface area (Å²) in [7, 11) is 0. The van der Waals surface area contributed by atoms with Gasteiger partial charge in [0, 0.05) is 30.8 Å². The third-order valence-electron chi connectivity index (χ3n) is 3.76. The quantitative estimate of drug-likeness (QED) is 0.841. The van der Waals surface area contributed by atoms with Gasteiger partial charge in [0.1, 0.15) is 0 Å². The summed E-state index contributed by atoms with van der Waals surface area (Å²) in [4.78, 5) is 14.2. The van der Waals surface area contributed by atoms with Crippen molar-refractivity contribution in [2.24, 2.45) is 5.73 Å². The van der Waals surface area contributed by atoms with E-state index in [1.807, 2.05) is 42.5 Å². The summed E-state index contributed by atoms with van der Waals surface area (Å²) in [5, 5.41) is 2.83. The maximum atomic E-state index is 12.1. The van der Waals surface area contributed by atoms with E-state index in [-0.39, 0.29) is 12.5 Å². The smallest absolute Gasteiger partial charge is 0.239 e. The summed E-state index contributed by atoms with van der Waals surface area (Å²) < 4.78 is 0. The van der Waals surface area contributed by atoms with Crippen molar-refractivity contribution in [2.45, 2.75) is 6.54 Å². The fraction of sp³-hybridized carbons (Fsp3) is 0.211. The zero-order chi connectivity index (χ0) is 16.1. The van der Waals surface area contributed by atoms with Crippen LogP contribution in [-0.2, 0) is 11.3 Å². The van der Waals surface area contributed by atoms with E-state index in [2.05, 4.69) is 28.1 Å². The number of nitrogens with one attached hydrogen (secondary N) is 1. The second-order valence-electron chi connectivity index (χ2n) is 5.42. The molecule has 1 aliphatic heterocycles. The molecule has 0 atom stereocenters. The predicted octanol–water partition coefficient (Wildman–Crippen LogP) is 1.48. The van der Waals surface area contributed by atoms with E-state index in [0.717, 1.165) is 22.4 Å². The lowest BCUT2D eigenvalue weighted by atomic mass is 10.0. The van der Waals surface area contributed by atoms with Crippen LogP contribution < -0.4 is 16.0 Å². The first-order chi connectivity index (χ1) is 11.3. The van der Waals surface area contributed by atoms with E-state index >= 15 is 0 Å². The number of rotatable bonds is 4. The highest BCUT2D eigenvalue weighted by Gasteiger charge is 2.17. The molecule has 0 spiro atoms. The van der Waals surface area contributed by atoms with Gasteiger partial charge in [-0.2, -0.15) is 0 Å². The molecule has 2 aromatic rings. The summed E-state index contributed by atoms with van der Waals surface area (Å²) in [6.07, 6.45) is 0. The minimum atomic E-state index is -0.0312. The second kappa shape index (κ2) is 6.99. The zero-order valence-electron chi connectivity index (χ0n) is 12.9. The molecule has 1 amide bonds. The molecule has 0 radical (unpaired) electrons. The molecule has 4 heteroatoms. The zero-order valence-corrected chi connectivity index (χ0v) is 12.9. The Labute approximate surface area is 136 Å². The number of carbonyl (C=O) groups excluding carboxylic acids is 1. The van der Waals surface area contributed by atoms with Crippen molar-refractivity contribution in [1.82, 2.24) is 5.32 Å². The summed E-state index contributed by atoms with van der Waals surface area (Å²) in [5.74, 6) is 6.43. The third-order valence-corrected chi connectivity index (χ3v) is 3.76. The molecule has 0 saturated heterocycles. The van der Waals surface area contributed by atoms with Gasteiger partial charge in [-0.1, -0.05) is 42.2 Å². The summed E-state index contributed by atoms with van der Waals surface area (Å²) in [5.41, 5.74) is 9.51. The van der Waals surface area contributed by atoms with Crippen LogP contribution in [0.5, 0.6) is 0 Å². The van der Waals surface area contributed by atoms with Gasteiger partial charge >= 0.3 is 0 Å². The van der Waals surface area contributed by atoms with Crippen LogP contribution in [0.2, 0.25) is 0 Å². The Morgan fingerprint density at radius 3 is 2.61 bits per heavy atom. The fourth-order valence-electron chi connectivity index (χ4n) is 2.64. The van der Waals surface area contributed by atoms with E-state index in [4.69, 9.17) is 5.73 Å². The van der Waals surface area contributed by atoms with Gasteiger partial charge in [-0.25, -0.2) is 0 Å². The Morgan fingerprint density at radius 1 is 1.09 bits per heavy atom. The average molecular weight is 305 g/mol. The molecule has 2 aromatic carbocycles. The Bertz CT molecular complexity index is 773. The van der Waals surface area contributed by atoms with Gasteiger partial charge in [0.15, 0.2) is 0 Å². The maximum Gasteiger partial charge on any atom is 0.239 e. The molecule has 1 heterocycles. The predicted molar refractivity (Wildman–Crippen MR) is 92.0 cm³/mol. The SMILES string of the molecule is NCCNC(=O)CN1Cc2ccccc2C#Cc2ccccc21. The third kappa shape index (κ3) is 3.53. The molecule has 3 rings (SSSR count). The monoisotopic (exact) mass is 305 g/mol. The van der Waals surface area contributed by atoms with Gasteiger partial charge in [-0.3, -0.25) is 4.79 Å². The number of anilines is 1. The van der Waals surface area contributed by atoms with Crippen LogP contribution in [0.15, 0.2) is 48.5 Å². The highest BCUT2D eigenvalue weighted by atomic mass is 16.2. The molecule has 3 N–H and O–H groups in total. The van der Waals surface area contributed by atoms with Crippen LogP contribution >= 0.6 is 0 Å². The Hall–Kier alpha value is -2.77. The molecule has 0 unspecified atom stereocenters. The molecule has 1 aliphatic rings. The fourth-order valence-corrected chi connectivity index (χ4v) is 2.64. The summed E-state index contributed by atoms with van der Waals surface area (Å²) >= 11 is 0. The van der Waals surface area contributed by atoms with E-state index in [1.54, 1.807) is 0 Å². The van der Waals surface area contributed by atoms with Crippen molar-refractivity contribution in [3.63, 3.8) is 0 Å². The second-order valence-corrected chi connectivity index (χ2v) is 5.42. The van der Waals surface area contributed by atoms with Crippen molar-refractivity contribution in [3.8, 4) is 11.8 Å². The lowest BCUT2D eigenvalue weighted by Gasteiger charge is -2.27. The molecule has 4 nitrogen and oxygen atoms in total.